The van der Waals surface area contributed by atoms with Gasteiger partial charge in [-0.15, -0.1) is 11.3 Å². The van der Waals surface area contributed by atoms with Gasteiger partial charge in [-0.25, -0.2) is 8.42 Å². The van der Waals surface area contributed by atoms with E-state index in [2.05, 4.69) is 26.6 Å². The molecule has 1 saturated heterocycles. The molecule has 1 atom stereocenters. The van der Waals surface area contributed by atoms with Gasteiger partial charge in [-0.2, -0.15) is 4.31 Å². The van der Waals surface area contributed by atoms with Crippen molar-refractivity contribution in [3.05, 3.63) is 86.2 Å². The lowest BCUT2D eigenvalue weighted by molar-refractivity contribution is -0.124. The van der Waals surface area contributed by atoms with Gasteiger partial charge in [0.15, 0.2) is 0 Å². The Hall–Kier alpha value is -2.24. The Balaban J connectivity index is 1.55. The first kappa shape index (κ1) is 26.8. The molecule has 2 amide bonds. The molecule has 0 bridgehead atoms. The van der Waals surface area contributed by atoms with Crippen LogP contribution in [0.25, 0.3) is 0 Å². The van der Waals surface area contributed by atoms with Crippen LogP contribution in [0.3, 0.4) is 0 Å². The molecule has 1 aromatic heterocycles. The van der Waals surface area contributed by atoms with E-state index in [0.717, 1.165) is 34.2 Å². The van der Waals surface area contributed by atoms with Crippen molar-refractivity contribution < 1.29 is 18.0 Å². The van der Waals surface area contributed by atoms with Gasteiger partial charge in [0, 0.05) is 33.0 Å². The van der Waals surface area contributed by atoms with Gasteiger partial charge in [0.1, 0.15) is 10.3 Å². The third-order valence-electron chi connectivity index (χ3n) is 5.84. The molecule has 190 valence electrons. The first-order valence-corrected chi connectivity index (χ1v) is 14.8. The fourth-order valence-electron chi connectivity index (χ4n) is 3.91. The average Bonchev–Trinajstić information content (AvgIpc) is 3.25. The van der Waals surface area contributed by atoms with Crippen LogP contribution in [0.2, 0.25) is 5.02 Å². The van der Waals surface area contributed by atoms with Crippen molar-refractivity contribution in [3.8, 4) is 0 Å². The Morgan fingerprint density at radius 3 is 2.53 bits per heavy atom. The number of nitrogens with zero attached hydrogens (tertiary/aromatic N) is 1. The van der Waals surface area contributed by atoms with Crippen LogP contribution in [-0.4, -0.2) is 37.1 Å². The van der Waals surface area contributed by atoms with Gasteiger partial charge in [-0.1, -0.05) is 39.7 Å². The van der Waals surface area contributed by atoms with Crippen LogP contribution in [0.1, 0.15) is 40.1 Å². The number of hydrogen-bond donors (Lipinski definition) is 2. The molecule has 1 aliphatic heterocycles. The molecule has 1 aliphatic rings. The van der Waals surface area contributed by atoms with Crippen molar-refractivity contribution in [2.45, 2.75) is 42.6 Å². The molecule has 0 unspecified atom stereocenters. The van der Waals surface area contributed by atoms with Crippen molar-refractivity contribution in [2.75, 3.05) is 6.54 Å². The van der Waals surface area contributed by atoms with Crippen LogP contribution in [0.5, 0.6) is 0 Å². The van der Waals surface area contributed by atoms with Gasteiger partial charge in [0.2, 0.25) is 5.91 Å². The summed E-state index contributed by atoms with van der Waals surface area (Å²) in [4.78, 5) is 25.9. The summed E-state index contributed by atoms with van der Waals surface area (Å²) >= 11 is 10.4. The maximum atomic E-state index is 13.8. The van der Waals surface area contributed by atoms with Crippen molar-refractivity contribution in [1.29, 1.82) is 0 Å². The number of amides is 2. The standard InChI is InChI=1S/C25H25BrClN3O4S2/c26-19-8-4-17(5-9-19)16-30(22-3-1-2-14-28-25(22)32)36(33,34)23-13-12-21(35-23)15-29-24(31)18-6-10-20(27)11-7-18/h4-13,22H,1-3,14-16H2,(H,28,32)(H,29,31)/t22-/m1/s1. The molecule has 11 heteroatoms. The molecule has 0 aliphatic carbocycles. The number of thiophene rings is 1. The smallest absolute Gasteiger partial charge is 0.253 e. The molecule has 2 N–H and O–H groups in total. The molecule has 7 nitrogen and oxygen atoms in total. The zero-order chi connectivity index (χ0) is 25.7. The van der Waals surface area contributed by atoms with Crippen LogP contribution >= 0.6 is 38.9 Å². The topological polar surface area (TPSA) is 95.6 Å². The third kappa shape index (κ3) is 6.54. The van der Waals surface area contributed by atoms with Crippen LogP contribution < -0.4 is 10.6 Å². The van der Waals surface area contributed by atoms with Crippen LogP contribution in [0.15, 0.2) is 69.3 Å². The summed E-state index contributed by atoms with van der Waals surface area (Å²) in [5, 5.41) is 6.19. The van der Waals surface area contributed by atoms with E-state index < -0.39 is 16.1 Å². The third-order valence-corrected chi connectivity index (χ3v) is 10.0. The molecule has 0 spiro atoms. The van der Waals surface area contributed by atoms with E-state index in [9.17, 15) is 18.0 Å². The van der Waals surface area contributed by atoms with Crippen LogP contribution in [-0.2, 0) is 27.9 Å². The predicted molar refractivity (Wildman–Crippen MR) is 144 cm³/mol. The number of carbonyl (C=O) groups is 2. The van der Waals surface area contributed by atoms with E-state index in [1.807, 2.05) is 24.3 Å². The lowest BCUT2D eigenvalue weighted by atomic mass is 10.1. The van der Waals surface area contributed by atoms with Crippen molar-refractivity contribution >= 4 is 60.7 Å². The zero-order valence-corrected chi connectivity index (χ0v) is 23.2. The fraction of sp³-hybridized carbons (Fsp3) is 0.280. The number of halogens is 2. The van der Waals surface area contributed by atoms with E-state index in [1.165, 1.54) is 10.4 Å². The number of rotatable bonds is 8. The molecule has 2 heterocycles. The number of nitrogens with one attached hydrogen (secondary N) is 2. The van der Waals surface area contributed by atoms with Crippen molar-refractivity contribution in [1.82, 2.24) is 14.9 Å². The molecular weight excluding hydrogens is 586 g/mol. The van der Waals surface area contributed by atoms with Crippen molar-refractivity contribution in [2.24, 2.45) is 0 Å². The Kier molecular flexibility index (Phi) is 8.84. The molecule has 2 aromatic carbocycles. The highest BCUT2D eigenvalue weighted by atomic mass is 79.9. The normalized spacial score (nSPS) is 16.4. The monoisotopic (exact) mass is 609 g/mol. The lowest BCUT2D eigenvalue weighted by Gasteiger charge is -2.28. The van der Waals surface area contributed by atoms with Gasteiger partial charge in [0.25, 0.3) is 15.9 Å². The molecule has 0 radical (unpaired) electrons. The molecule has 3 aromatic rings. The van der Waals surface area contributed by atoms with E-state index in [0.29, 0.717) is 28.4 Å². The number of hydrogen-bond acceptors (Lipinski definition) is 5. The largest absolute Gasteiger partial charge is 0.355 e. The van der Waals surface area contributed by atoms with Crippen LogP contribution in [0.4, 0.5) is 0 Å². The minimum Gasteiger partial charge on any atom is -0.355 e. The Bertz CT molecular complexity index is 1330. The zero-order valence-electron chi connectivity index (χ0n) is 19.2. The SMILES string of the molecule is O=C(NCc1ccc(S(=O)(=O)N(Cc2ccc(Br)cc2)[C@@H]2CCCCNC2=O)s1)c1ccc(Cl)cc1. The Morgan fingerprint density at radius 2 is 1.81 bits per heavy atom. The minimum absolute atomic E-state index is 0.0776. The second-order valence-electron chi connectivity index (χ2n) is 8.39. The van der Waals surface area contributed by atoms with Gasteiger partial charge in [-0.3, -0.25) is 9.59 Å². The van der Waals surface area contributed by atoms with E-state index >= 15 is 0 Å². The molecule has 4 rings (SSSR count). The van der Waals surface area contributed by atoms with Crippen LogP contribution in [0, 0.1) is 0 Å². The molecule has 0 saturated carbocycles. The van der Waals surface area contributed by atoms with Crippen molar-refractivity contribution in [3.63, 3.8) is 0 Å². The first-order valence-electron chi connectivity index (χ1n) is 11.4. The molecule has 36 heavy (non-hydrogen) atoms. The number of carbonyl (C=O) groups excluding carboxylic acids is 2. The van der Waals surface area contributed by atoms with E-state index in [-0.39, 0.29) is 29.1 Å². The summed E-state index contributed by atoms with van der Waals surface area (Å²) in [6, 6.07) is 16.3. The summed E-state index contributed by atoms with van der Waals surface area (Å²) in [7, 11) is -3.98. The fourth-order valence-corrected chi connectivity index (χ4v) is 7.33. The van der Waals surface area contributed by atoms with E-state index in [1.54, 1.807) is 30.3 Å². The summed E-state index contributed by atoms with van der Waals surface area (Å²) in [6.07, 6.45) is 2.02. The highest BCUT2D eigenvalue weighted by Crippen LogP contribution is 2.30. The quantitative estimate of drug-likeness (QED) is 0.377. The minimum atomic E-state index is -3.98. The van der Waals surface area contributed by atoms with E-state index in [4.69, 9.17) is 11.6 Å². The summed E-state index contributed by atoms with van der Waals surface area (Å²) in [6.45, 7) is 0.796. The second-order valence-corrected chi connectivity index (χ2v) is 13.0. The average molecular weight is 611 g/mol. The van der Waals surface area contributed by atoms with Gasteiger partial charge in [-0.05, 0) is 73.4 Å². The first-order chi connectivity index (χ1) is 17.2. The molecular formula is C25H25BrClN3O4S2. The van der Waals surface area contributed by atoms with Gasteiger partial charge < -0.3 is 10.6 Å². The Morgan fingerprint density at radius 1 is 1.08 bits per heavy atom. The lowest BCUT2D eigenvalue weighted by Crippen LogP contribution is -2.48. The number of benzene rings is 2. The molecule has 1 fully saturated rings. The highest BCUT2D eigenvalue weighted by Gasteiger charge is 2.37. The summed E-state index contributed by atoms with van der Waals surface area (Å²) in [5.41, 5.74) is 1.25. The number of sulfonamides is 1. The Labute approximate surface area is 228 Å². The second kappa shape index (κ2) is 11.9. The van der Waals surface area contributed by atoms with Gasteiger partial charge >= 0.3 is 0 Å². The summed E-state index contributed by atoms with van der Waals surface area (Å²) in [5.74, 6) is -0.559. The predicted octanol–water partition coefficient (Wildman–Crippen LogP) is 4.95. The maximum absolute atomic E-state index is 13.8. The summed E-state index contributed by atoms with van der Waals surface area (Å²) < 4.78 is 29.9. The maximum Gasteiger partial charge on any atom is 0.253 e. The highest BCUT2D eigenvalue weighted by molar-refractivity contribution is 9.10. The van der Waals surface area contributed by atoms with Gasteiger partial charge in [0.05, 0.1) is 6.54 Å².